The quantitative estimate of drug-likeness (QED) is 0.543. The highest BCUT2D eigenvalue weighted by molar-refractivity contribution is 6.28. The van der Waals surface area contributed by atoms with Crippen LogP contribution in [0.3, 0.4) is 0 Å². The Morgan fingerprint density at radius 2 is 2.38 bits per heavy atom. The highest BCUT2D eigenvalue weighted by atomic mass is 35.5. The Balaban J connectivity index is 3.14. The average molecular weight is 133 g/mol. The van der Waals surface area contributed by atoms with E-state index in [0.29, 0.717) is 5.28 Å². The fraction of sp³-hybridized carbons (Fsp3) is 0.333. The summed E-state index contributed by atoms with van der Waals surface area (Å²) in [5, 5.41) is 3.97. The zero-order valence-electron chi connectivity index (χ0n) is 4.30. The van der Waals surface area contributed by atoms with E-state index in [0.717, 1.165) is 0 Å². The van der Waals surface area contributed by atoms with E-state index in [4.69, 9.17) is 17.3 Å². The van der Waals surface area contributed by atoms with Crippen LogP contribution in [0.2, 0.25) is 5.28 Å². The number of aryl methyl sites for hydroxylation is 1. The predicted octanol–water partition coefficient (Wildman–Crippen LogP) is 0.0507. The van der Waals surface area contributed by atoms with Gasteiger partial charge < -0.3 is 5.73 Å². The molecule has 0 spiro atoms. The summed E-state index contributed by atoms with van der Waals surface area (Å²) in [5.41, 5.74) is 5.15. The first-order valence-corrected chi connectivity index (χ1v) is 2.40. The van der Waals surface area contributed by atoms with Crippen LogP contribution in [0.25, 0.3) is 0 Å². The minimum atomic E-state index is 0.206. The van der Waals surface area contributed by atoms with Crippen molar-refractivity contribution in [3.63, 3.8) is 0 Å². The molecule has 0 bridgehead atoms. The average Bonchev–Trinajstić information content (AvgIpc) is 1.85. The summed E-state index contributed by atoms with van der Waals surface area (Å²) in [6.45, 7) is 0. The Bertz CT molecular complexity index is 174. The molecule has 44 valence electrons. The maximum absolute atomic E-state index is 5.44. The van der Waals surface area contributed by atoms with Crippen molar-refractivity contribution < 1.29 is 0 Å². The van der Waals surface area contributed by atoms with Gasteiger partial charge in [-0.25, -0.2) is 4.68 Å². The van der Waals surface area contributed by atoms with Crippen molar-refractivity contribution in [2.45, 2.75) is 0 Å². The van der Waals surface area contributed by atoms with Crippen molar-refractivity contribution >= 4 is 17.5 Å². The van der Waals surface area contributed by atoms with Crippen LogP contribution in [0, 0.1) is 0 Å². The summed E-state index contributed by atoms with van der Waals surface area (Å²) in [6, 6.07) is 0. The number of nitrogens with zero attached hydrogens (tertiary/aromatic N) is 3. The van der Waals surface area contributed by atoms with Crippen LogP contribution in [0.5, 0.6) is 0 Å². The van der Waals surface area contributed by atoms with E-state index in [-0.39, 0.29) is 5.95 Å². The summed E-state index contributed by atoms with van der Waals surface area (Å²) in [6.07, 6.45) is 0. The molecule has 0 fully saturated rings. The topological polar surface area (TPSA) is 56.7 Å². The van der Waals surface area contributed by atoms with Crippen molar-refractivity contribution in [1.29, 1.82) is 0 Å². The zero-order valence-corrected chi connectivity index (χ0v) is 5.05. The normalized spacial score (nSPS) is 9.75. The highest BCUT2D eigenvalue weighted by Gasteiger charge is 1.96. The largest absolute Gasteiger partial charge is 0.366 e. The minimum Gasteiger partial charge on any atom is -0.366 e. The fourth-order valence-electron chi connectivity index (χ4n) is 0.384. The molecule has 0 aliphatic carbocycles. The maximum Gasteiger partial charge on any atom is 0.240 e. The number of anilines is 1. The molecule has 1 aromatic heterocycles. The monoisotopic (exact) mass is 132 g/mol. The Hall–Kier alpha value is -0.770. The van der Waals surface area contributed by atoms with Crippen LogP contribution in [0.15, 0.2) is 0 Å². The number of nitrogen functional groups attached to an aromatic ring is 1. The van der Waals surface area contributed by atoms with Gasteiger partial charge in [-0.1, -0.05) is 0 Å². The van der Waals surface area contributed by atoms with Crippen molar-refractivity contribution in [3.05, 3.63) is 5.28 Å². The smallest absolute Gasteiger partial charge is 0.240 e. The third-order valence-electron chi connectivity index (χ3n) is 0.726. The van der Waals surface area contributed by atoms with Crippen LogP contribution >= 0.6 is 11.6 Å². The summed E-state index contributed by atoms with van der Waals surface area (Å²) in [5.74, 6) is 0.206. The molecule has 0 saturated carbocycles. The zero-order chi connectivity index (χ0) is 6.15. The molecule has 1 heterocycles. The SMILES string of the molecule is Cn1nc(N)nc1Cl. The lowest BCUT2D eigenvalue weighted by Crippen LogP contribution is -1.91. The highest BCUT2D eigenvalue weighted by Crippen LogP contribution is 2.02. The van der Waals surface area contributed by atoms with Crippen LogP contribution in [-0.2, 0) is 7.05 Å². The second-order valence-electron chi connectivity index (χ2n) is 1.36. The lowest BCUT2D eigenvalue weighted by molar-refractivity contribution is 0.770. The molecule has 0 amide bonds. The Morgan fingerprint density at radius 1 is 1.75 bits per heavy atom. The first-order chi connectivity index (χ1) is 3.70. The molecule has 1 aromatic rings. The molecule has 2 N–H and O–H groups in total. The van der Waals surface area contributed by atoms with E-state index in [1.807, 2.05) is 0 Å². The summed E-state index contributed by atoms with van der Waals surface area (Å²) in [7, 11) is 1.67. The van der Waals surface area contributed by atoms with E-state index in [1.165, 1.54) is 4.68 Å². The van der Waals surface area contributed by atoms with Crippen molar-refractivity contribution in [2.24, 2.45) is 7.05 Å². The Morgan fingerprint density at radius 3 is 2.50 bits per heavy atom. The molecule has 0 aliphatic heterocycles. The van der Waals surface area contributed by atoms with Crippen LogP contribution < -0.4 is 5.73 Å². The molecule has 4 nitrogen and oxygen atoms in total. The summed E-state index contributed by atoms with van der Waals surface area (Å²) in [4.78, 5) is 3.61. The van der Waals surface area contributed by atoms with Crippen molar-refractivity contribution in [1.82, 2.24) is 14.8 Å². The van der Waals surface area contributed by atoms with Gasteiger partial charge in [0.2, 0.25) is 11.2 Å². The molecule has 8 heavy (non-hydrogen) atoms. The van der Waals surface area contributed by atoms with E-state index in [9.17, 15) is 0 Å². The molecule has 0 radical (unpaired) electrons. The van der Waals surface area contributed by atoms with Crippen molar-refractivity contribution in [2.75, 3.05) is 5.73 Å². The van der Waals surface area contributed by atoms with Gasteiger partial charge in [-0.2, -0.15) is 4.98 Å². The van der Waals surface area contributed by atoms with Gasteiger partial charge in [-0.3, -0.25) is 0 Å². The number of hydrogen-bond donors (Lipinski definition) is 1. The summed E-state index contributed by atoms with van der Waals surface area (Å²) >= 11 is 5.44. The predicted molar refractivity (Wildman–Crippen MR) is 30.4 cm³/mol. The van der Waals surface area contributed by atoms with Gasteiger partial charge in [0.15, 0.2) is 0 Å². The molecule has 1 rings (SSSR count). The third kappa shape index (κ3) is 0.742. The number of hydrogen-bond acceptors (Lipinski definition) is 3. The third-order valence-corrected chi connectivity index (χ3v) is 1.06. The maximum atomic E-state index is 5.44. The summed E-state index contributed by atoms with van der Waals surface area (Å²) < 4.78 is 1.40. The van der Waals surface area contributed by atoms with E-state index in [1.54, 1.807) is 7.05 Å². The van der Waals surface area contributed by atoms with E-state index >= 15 is 0 Å². The number of aromatic nitrogens is 3. The second-order valence-corrected chi connectivity index (χ2v) is 1.70. The van der Waals surface area contributed by atoms with Crippen LogP contribution in [0.4, 0.5) is 5.95 Å². The van der Waals surface area contributed by atoms with Gasteiger partial charge in [-0.15, -0.1) is 5.10 Å². The lowest BCUT2D eigenvalue weighted by Gasteiger charge is -1.82. The molecular formula is C3H5ClN4. The molecule has 0 aliphatic rings. The molecule has 0 saturated heterocycles. The Kier molecular flexibility index (Phi) is 1.09. The van der Waals surface area contributed by atoms with Gasteiger partial charge in [0.05, 0.1) is 0 Å². The fourth-order valence-corrected chi connectivity index (χ4v) is 0.509. The molecule has 0 unspecified atom stereocenters. The first-order valence-electron chi connectivity index (χ1n) is 2.02. The van der Waals surface area contributed by atoms with Gasteiger partial charge in [0.1, 0.15) is 0 Å². The van der Waals surface area contributed by atoms with Crippen LogP contribution in [-0.4, -0.2) is 14.8 Å². The molecule has 0 aromatic carbocycles. The van der Waals surface area contributed by atoms with Gasteiger partial charge in [0.25, 0.3) is 0 Å². The lowest BCUT2D eigenvalue weighted by atomic mass is 11.1. The number of halogens is 1. The minimum absolute atomic E-state index is 0.206. The number of nitrogens with two attached hydrogens (primary N) is 1. The number of rotatable bonds is 0. The van der Waals surface area contributed by atoms with Gasteiger partial charge in [0, 0.05) is 7.05 Å². The van der Waals surface area contributed by atoms with Gasteiger partial charge in [-0.05, 0) is 11.6 Å². The molecular weight excluding hydrogens is 128 g/mol. The first kappa shape index (κ1) is 5.37. The van der Waals surface area contributed by atoms with E-state index in [2.05, 4.69) is 10.1 Å². The van der Waals surface area contributed by atoms with Crippen molar-refractivity contribution in [3.8, 4) is 0 Å². The standard InChI is InChI=1S/C3H5ClN4/c1-8-2(4)6-3(5)7-8/h1H3,(H2,5,7). The van der Waals surface area contributed by atoms with E-state index < -0.39 is 0 Å². The second kappa shape index (κ2) is 1.63. The molecule has 5 heteroatoms. The Labute approximate surface area is 51.3 Å². The molecule has 0 atom stereocenters. The van der Waals surface area contributed by atoms with Crippen LogP contribution in [0.1, 0.15) is 0 Å². The van der Waals surface area contributed by atoms with Gasteiger partial charge >= 0.3 is 0 Å².